The van der Waals surface area contributed by atoms with E-state index in [9.17, 15) is 8.42 Å². The summed E-state index contributed by atoms with van der Waals surface area (Å²) in [5, 5.41) is 6.73. The molecule has 0 aliphatic heterocycles. The van der Waals surface area contributed by atoms with E-state index in [2.05, 4.69) is 15.4 Å². The van der Waals surface area contributed by atoms with Gasteiger partial charge in [0.2, 0.25) is 0 Å². The SMILES string of the molecule is Cc1ccc(NC(=S)Nc2ccc(C)cc2S(=O)(=O)Nc2ccccc2Cl)c(C)c1. The van der Waals surface area contributed by atoms with Gasteiger partial charge in [0.15, 0.2) is 5.11 Å². The minimum atomic E-state index is -3.91. The zero-order valence-corrected chi connectivity index (χ0v) is 19.2. The average molecular weight is 460 g/mol. The van der Waals surface area contributed by atoms with Crippen LogP contribution >= 0.6 is 23.8 Å². The molecule has 0 heterocycles. The van der Waals surface area contributed by atoms with Gasteiger partial charge >= 0.3 is 0 Å². The highest BCUT2D eigenvalue weighted by molar-refractivity contribution is 7.93. The molecule has 0 fully saturated rings. The first-order chi connectivity index (χ1) is 14.2. The topological polar surface area (TPSA) is 70.2 Å². The molecule has 0 saturated heterocycles. The zero-order chi connectivity index (χ0) is 21.9. The Morgan fingerprint density at radius 3 is 2.10 bits per heavy atom. The van der Waals surface area contributed by atoms with Crippen molar-refractivity contribution in [3.05, 3.63) is 82.4 Å². The second kappa shape index (κ2) is 9.04. The molecule has 0 amide bonds. The van der Waals surface area contributed by atoms with Gasteiger partial charge in [0, 0.05) is 5.69 Å². The van der Waals surface area contributed by atoms with E-state index in [4.69, 9.17) is 23.8 Å². The molecule has 156 valence electrons. The fraction of sp³-hybridized carbons (Fsp3) is 0.136. The number of sulfonamides is 1. The molecule has 0 aromatic heterocycles. The fourth-order valence-corrected chi connectivity index (χ4v) is 4.71. The van der Waals surface area contributed by atoms with Crippen molar-refractivity contribution in [2.24, 2.45) is 0 Å². The van der Waals surface area contributed by atoms with Crippen LogP contribution in [0.5, 0.6) is 0 Å². The molecule has 0 bridgehead atoms. The number of para-hydroxylation sites is 1. The van der Waals surface area contributed by atoms with Crippen molar-refractivity contribution in [1.82, 2.24) is 0 Å². The van der Waals surface area contributed by atoms with E-state index < -0.39 is 10.0 Å². The van der Waals surface area contributed by atoms with Gasteiger partial charge in [-0.25, -0.2) is 8.42 Å². The molecule has 0 atom stereocenters. The van der Waals surface area contributed by atoms with Crippen LogP contribution in [0, 0.1) is 20.8 Å². The van der Waals surface area contributed by atoms with Crippen LogP contribution in [0.4, 0.5) is 17.1 Å². The summed E-state index contributed by atoms with van der Waals surface area (Å²) in [6.07, 6.45) is 0. The molecule has 3 aromatic carbocycles. The van der Waals surface area contributed by atoms with Crippen LogP contribution in [-0.2, 0) is 10.0 Å². The molecular formula is C22H22ClN3O2S2. The first kappa shape index (κ1) is 22.1. The molecule has 30 heavy (non-hydrogen) atoms. The minimum Gasteiger partial charge on any atom is -0.332 e. The molecular weight excluding hydrogens is 438 g/mol. The molecule has 5 nitrogen and oxygen atoms in total. The fourth-order valence-electron chi connectivity index (χ4n) is 2.93. The van der Waals surface area contributed by atoms with Gasteiger partial charge in [-0.3, -0.25) is 4.72 Å². The summed E-state index contributed by atoms with van der Waals surface area (Å²) >= 11 is 11.5. The molecule has 3 rings (SSSR count). The maximum atomic E-state index is 13.1. The molecule has 0 spiro atoms. The first-order valence-electron chi connectivity index (χ1n) is 9.19. The summed E-state index contributed by atoms with van der Waals surface area (Å²) in [5.41, 5.74) is 4.51. The first-order valence-corrected chi connectivity index (χ1v) is 11.5. The third kappa shape index (κ3) is 5.30. The van der Waals surface area contributed by atoms with Gasteiger partial charge in [0.1, 0.15) is 4.90 Å². The zero-order valence-electron chi connectivity index (χ0n) is 16.8. The summed E-state index contributed by atoms with van der Waals surface area (Å²) in [5.74, 6) is 0. The van der Waals surface area contributed by atoms with Crippen molar-refractivity contribution in [2.75, 3.05) is 15.4 Å². The van der Waals surface area contributed by atoms with Crippen molar-refractivity contribution >= 4 is 56.0 Å². The average Bonchev–Trinajstić information content (AvgIpc) is 2.67. The lowest BCUT2D eigenvalue weighted by molar-refractivity contribution is 0.601. The number of nitrogens with one attached hydrogen (secondary N) is 3. The summed E-state index contributed by atoms with van der Waals surface area (Å²) in [7, 11) is -3.91. The predicted molar refractivity (Wildman–Crippen MR) is 129 cm³/mol. The predicted octanol–water partition coefficient (Wildman–Crippen LogP) is 5.87. The van der Waals surface area contributed by atoms with Crippen LogP contribution in [-0.4, -0.2) is 13.5 Å². The Kier molecular flexibility index (Phi) is 6.65. The van der Waals surface area contributed by atoms with Gasteiger partial charge in [-0.15, -0.1) is 0 Å². The number of aryl methyl sites for hydroxylation is 3. The standard InChI is InChI=1S/C22H22ClN3O2S2/c1-14-8-10-18(16(3)12-14)24-22(29)25-20-11-9-15(2)13-21(20)30(27,28)26-19-7-5-4-6-17(19)23/h4-13,26H,1-3H3,(H2,24,25,29). The van der Waals surface area contributed by atoms with Crippen LogP contribution < -0.4 is 15.4 Å². The largest absolute Gasteiger partial charge is 0.332 e. The summed E-state index contributed by atoms with van der Waals surface area (Å²) in [4.78, 5) is 0.0761. The number of rotatable bonds is 5. The number of anilines is 3. The van der Waals surface area contributed by atoms with Crippen molar-refractivity contribution in [3.63, 3.8) is 0 Å². The molecule has 0 unspecified atom stereocenters. The van der Waals surface area contributed by atoms with Gasteiger partial charge < -0.3 is 10.6 Å². The third-order valence-corrected chi connectivity index (χ3v) is 6.36. The van der Waals surface area contributed by atoms with Gasteiger partial charge in [-0.05, 0) is 74.4 Å². The Morgan fingerprint density at radius 2 is 1.43 bits per heavy atom. The van der Waals surface area contributed by atoms with Gasteiger partial charge in [0.25, 0.3) is 10.0 Å². The second-order valence-corrected chi connectivity index (χ2v) is 9.45. The Bertz CT molecular complexity index is 1210. The van der Waals surface area contributed by atoms with E-state index in [0.717, 1.165) is 22.4 Å². The maximum absolute atomic E-state index is 13.1. The molecule has 3 N–H and O–H groups in total. The molecule has 0 aliphatic rings. The van der Waals surface area contributed by atoms with Crippen LogP contribution in [0.2, 0.25) is 5.02 Å². The normalized spacial score (nSPS) is 11.1. The molecule has 3 aromatic rings. The van der Waals surface area contributed by atoms with E-state index in [1.807, 2.05) is 45.0 Å². The third-order valence-electron chi connectivity index (χ3n) is 4.42. The molecule has 8 heteroatoms. The number of hydrogen-bond acceptors (Lipinski definition) is 3. The Labute approximate surface area is 187 Å². The van der Waals surface area contributed by atoms with Crippen molar-refractivity contribution in [2.45, 2.75) is 25.7 Å². The summed E-state index contributed by atoms with van der Waals surface area (Å²) in [6, 6.07) is 17.7. The van der Waals surface area contributed by atoms with E-state index in [0.29, 0.717) is 21.5 Å². The Balaban J connectivity index is 1.87. The number of hydrogen-bond donors (Lipinski definition) is 3. The van der Waals surface area contributed by atoms with Crippen LogP contribution in [0.3, 0.4) is 0 Å². The van der Waals surface area contributed by atoms with Crippen LogP contribution in [0.15, 0.2) is 65.6 Å². The van der Waals surface area contributed by atoms with Crippen LogP contribution in [0.1, 0.15) is 16.7 Å². The highest BCUT2D eigenvalue weighted by atomic mass is 35.5. The van der Waals surface area contributed by atoms with E-state index in [1.54, 1.807) is 36.4 Å². The second-order valence-electron chi connectivity index (χ2n) is 6.98. The highest BCUT2D eigenvalue weighted by Crippen LogP contribution is 2.28. The lowest BCUT2D eigenvalue weighted by atomic mass is 10.1. The quantitative estimate of drug-likeness (QED) is 0.416. The number of halogens is 1. The lowest BCUT2D eigenvalue weighted by Crippen LogP contribution is -2.22. The van der Waals surface area contributed by atoms with Crippen molar-refractivity contribution in [1.29, 1.82) is 0 Å². The van der Waals surface area contributed by atoms with Crippen molar-refractivity contribution < 1.29 is 8.42 Å². The summed E-state index contributed by atoms with van der Waals surface area (Å²) < 4.78 is 28.7. The lowest BCUT2D eigenvalue weighted by Gasteiger charge is -2.17. The Hall–Kier alpha value is -2.61. The van der Waals surface area contributed by atoms with Crippen molar-refractivity contribution in [3.8, 4) is 0 Å². The maximum Gasteiger partial charge on any atom is 0.264 e. The number of benzene rings is 3. The van der Waals surface area contributed by atoms with Crippen LogP contribution in [0.25, 0.3) is 0 Å². The molecule has 0 aliphatic carbocycles. The van der Waals surface area contributed by atoms with Gasteiger partial charge in [-0.1, -0.05) is 47.5 Å². The van der Waals surface area contributed by atoms with E-state index in [1.165, 1.54) is 0 Å². The summed E-state index contributed by atoms with van der Waals surface area (Å²) in [6.45, 7) is 5.82. The van der Waals surface area contributed by atoms with Gasteiger partial charge in [-0.2, -0.15) is 0 Å². The van der Waals surface area contributed by atoms with E-state index in [-0.39, 0.29) is 4.90 Å². The smallest absolute Gasteiger partial charge is 0.264 e. The Morgan fingerprint density at radius 1 is 0.833 bits per heavy atom. The van der Waals surface area contributed by atoms with Gasteiger partial charge in [0.05, 0.1) is 16.4 Å². The number of thiocarbonyl (C=S) groups is 1. The molecule has 0 radical (unpaired) electrons. The van der Waals surface area contributed by atoms with E-state index >= 15 is 0 Å². The molecule has 0 saturated carbocycles. The highest BCUT2D eigenvalue weighted by Gasteiger charge is 2.21. The minimum absolute atomic E-state index is 0.0761. The monoisotopic (exact) mass is 459 g/mol.